The van der Waals surface area contributed by atoms with Gasteiger partial charge in [-0.25, -0.2) is 12.4 Å². The summed E-state index contributed by atoms with van der Waals surface area (Å²) in [5.41, 5.74) is -0.00309. The lowest BCUT2D eigenvalue weighted by Gasteiger charge is -2.33. The third-order valence-corrected chi connectivity index (χ3v) is 6.85. The van der Waals surface area contributed by atoms with Crippen LogP contribution in [-0.4, -0.2) is 17.5 Å². The average Bonchev–Trinajstić information content (AvgIpc) is 3.04. The summed E-state index contributed by atoms with van der Waals surface area (Å²) in [5, 5.41) is 12.1. The topological polar surface area (TPSA) is 59.3 Å². The molecule has 130 valence electrons. The Morgan fingerprint density at radius 2 is 1.52 bits per heavy atom. The molecule has 4 rings (SSSR count). The van der Waals surface area contributed by atoms with E-state index in [1.54, 1.807) is 36.4 Å². The van der Waals surface area contributed by atoms with E-state index in [1.165, 1.54) is 3.97 Å². The van der Waals surface area contributed by atoms with E-state index in [2.05, 4.69) is 0 Å². The minimum atomic E-state index is -3.78. The highest BCUT2D eigenvalue weighted by molar-refractivity contribution is 7.90. The highest BCUT2D eigenvalue weighted by Gasteiger charge is 2.37. The molecule has 3 aromatic rings. The van der Waals surface area contributed by atoms with Crippen LogP contribution in [0.3, 0.4) is 0 Å². The number of benzene rings is 2. The van der Waals surface area contributed by atoms with E-state index in [1.807, 2.05) is 24.3 Å². The Labute approximate surface area is 147 Å². The van der Waals surface area contributed by atoms with Crippen LogP contribution in [0.25, 0.3) is 10.9 Å². The summed E-state index contributed by atoms with van der Waals surface area (Å²) in [7, 11) is -3.78. The van der Waals surface area contributed by atoms with Crippen molar-refractivity contribution in [2.75, 3.05) is 0 Å². The second kappa shape index (κ2) is 6.00. The molecule has 0 atom stereocenters. The first-order valence-electron chi connectivity index (χ1n) is 8.66. The lowest BCUT2D eigenvalue weighted by atomic mass is 9.82. The van der Waals surface area contributed by atoms with Gasteiger partial charge in [-0.2, -0.15) is 0 Å². The molecule has 1 aromatic heterocycles. The number of para-hydroxylation sites is 1. The summed E-state index contributed by atoms with van der Waals surface area (Å²) in [4.78, 5) is 0.233. The molecule has 0 aliphatic heterocycles. The largest absolute Gasteiger partial charge is 0.384 e. The van der Waals surface area contributed by atoms with Crippen LogP contribution in [0.5, 0.6) is 0 Å². The zero-order valence-electron chi connectivity index (χ0n) is 13.9. The Kier molecular flexibility index (Phi) is 3.93. The van der Waals surface area contributed by atoms with Crippen LogP contribution in [0, 0.1) is 0 Å². The predicted molar refractivity (Wildman–Crippen MR) is 97.9 cm³/mol. The highest BCUT2D eigenvalue weighted by Crippen LogP contribution is 2.40. The Morgan fingerprint density at radius 1 is 0.880 bits per heavy atom. The number of aromatic nitrogens is 1. The molecule has 1 saturated carbocycles. The summed E-state index contributed by atoms with van der Waals surface area (Å²) in [5.74, 6) is 0. The molecule has 2 aromatic carbocycles. The molecule has 0 amide bonds. The summed E-state index contributed by atoms with van der Waals surface area (Å²) >= 11 is 0. The molecule has 0 bridgehead atoms. The summed E-state index contributed by atoms with van der Waals surface area (Å²) in [6.45, 7) is 0. The Morgan fingerprint density at radius 3 is 2.24 bits per heavy atom. The predicted octanol–water partition coefficient (Wildman–Crippen LogP) is 4.03. The maximum absolute atomic E-state index is 13.4. The van der Waals surface area contributed by atoms with Crippen molar-refractivity contribution < 1.29 is 13.5 Å². The van der Waals surface area contributed by atoms with E-state index >= 15 is 0 Å². The molecule has 1 N–H and O–H groups in total. The lowest BCUT2D eigenvalue weighted by molar-refractivity contribution is -0.00501. The maximum atomic E-state index is 13.4. The monoisotopic (exact) mass is 355 g/mol. The quantitative estimate of drug-likeness (QED) is 0.772. The van der Waals surface area contributed by atoms with Crippen LogP contribution in [0.15, 0.2) is 65.6 Å². The molecule has 1 heterocycles. The van der Waals surface area contributed by atoms with E-state index in [-0.39, 0.29) is 4.90 Å². The smallest absolute Gasteiger partial charge is 0.268 e. The van der Waals surface area contributed by atoms with Crippen molar-refractivity contribution in [3.63, 3.8) is 0 Å². The number of hydrogen-bond donors (Lipinski definition) is 1. The van der Waals surface area contributed by atoms with E-state index in [9.17, 15) is 13.5 Å². The SMILES string of the molecule is O=S(=O)(c1ccccc1)n1c(C2(O)CCCCC2)cc2ccccc21. The molecule has 5 heteroatoms. The Balaban J connectivity index is 2.01. The third-order valence-electron chi connectivity index (χ3n) is 5.11. The van der Waals surface area contributed by atoms with Crippen LogP contribution in [0.1, 0.15) is 37.8 Å². The number of rotatable bonds is 3. The fourth-order valence-electron chi connectivity index (χ4n) is 3.80. The molecule has 4 nitrogen and oxygen atoms in total. The van der Waals surface area contributed by atoms with Crippen LogP contribution < -0.4 is 0 Å². The molecule has 0 spiro atoms. The molecule has 1 aliphatic rings. The van der Waals surface area contributed by atoms with Crippen LogP contribution in [0.4, 0.5) is 0 Å². The van der Waals surface area contributed by atoms with E-state index in [0.29, 0.717) is 24.1 Å². The molecule has 0 saturated heterocycles. The zero-order valence-corrected chi connectivity index (χ0v) is 14.7. The first-order chi connectivity index (χ1) is 12.0. The van der Waals surface area contributed by atoms with Gasteiger partial charge in [-0.05, 0) is 37.1 Å². The number of nitrogens with zero attached hydrogens (tertiary/aromatic N) is 1. The first kappa shape index (κ1) is 16.4. The van der Waals surface area contributed by atoms with Crippen molar-refractivity contribution in [2.24, 2.45) is 0 Å². The van der Waals surface area contributed by atoms with Crippen molar-refractivity contribution >= 4 is 20.9 Å². The molecule has 1 aliphatic carbocycles. The number of aliphatic hydroxyl groups is 1. The molecule has 1 fully saturated rings. The molecular formula is C20H21NO3S. The van der Waals surface area contributed by atoms with Crippen molar-refractivity contribution in [3.8, 4) is 0 Å². The minimum absolute atomic E-state index is 0.233. The average molecular weight is 355 g/mol. The fraction of sp³-hybridized carbons (Fsp3) is 0.300. The van der Waals surface area contributed by atoms with Crippen molar-refractivity contribution in [3.05, 3.63) is 66.4 Å². The van der Waals surface area contributed by atoms with Gasteiger partial charge in [0.1, 0.15) is 5.60 Å². The van der Waals surface area contributed by atoms with Gasteiger partial charge in [0.2, 0.25) is 0 Å². The minimum Gasteiger partial charge on any atom is -0.384 e. The van der Waals surface area contributed by atoms with E-state index < -0.39 is 15.6 Å². The summed E-state index contributed by atoms with van der Waals surface area (Å²) < 4.78 is 28.1. The Hall–Kier alpha value is -2.11. The van der Waals surface area contributed by atoms with Crippen molar-refractivity contribution in [2.45, 2.75) is 42.6 Å². The molecular weight excluding hydrogens is 334 g/mol. The van der Waals surface area contributed by atoms with Crippen molar-refractivity contribution in [1.29, 1.82) is 0 Å². The van der Waals surface area contributed by atoms with Gasteiger partial charge >= 0.3 is 0 Å². The van der Waals surface area contributed by atoms with Gasteiger partial charge < -0.3 is 5.11 Å². The summed E-state index contributed by atoms with van der Waals surface area (Å²) in [6, 6.07) is 17.7. The molecule has 0 unspecified atom stereocenters. The third kappa shape index (κ3) is 2.68. The normalized spacial score (nSPS) is 17.6. The first-order valence-corrected chi connectivity index (χ1v) is 10.1. The highest BCUT2D eigenvalue weighted by atomic mass is 32.2. The Bertz CT molecular complexity index is 1000. The van der Waals surface area contributed by atoms with Crippen LogP contribution in [-0.2, 0) is 15.6 Å². The summed E-state index contributed by atoms with van der Waals surface area (Å²) in [6.07, 6.45) is 4.07. The van der Waals surface area contributed by atoms with Gasteiger partial charge in [0.25, 0.3) is 10.0 Å². The second-order valence-corrected chi connectivity index (χ2v) is 8.55. The van der Waals surface area contributed by atoms with Gasteiger partial charge in [-0.3, -0.25) is 0 Å². The maximum Gasteiger partial charge on any atom is 0.268 e. The van der Waals surface area contributed by atoms with Gasteiger partial charge in [0.15, 0.2) is 0 Å². The number of hydrogen-bond acceptors (Lipinski definition) is 3. The van der Waals surface area contributed by atoms with E-state index in [4.69, 9.17) is 0 Å². The molecule has 0 radical (unpaired) electrons. The van der Waals surface area contributed by atoms with Gasteiger partial charge in [-0.15, -0.1) is 0 Å². The number of fused-ring (bicyclic) bond motifs is 1. The van der Waals surface area contributed by atoms with Gasteiger partial charge in [-0.1, -0.05) is 55.7 Å². The van der Waals surface area contributed by atoms with Crippen LogP contribution >= 0.6 is 0 Å². The fourth-order valence-corrected chi connectivity index (χ4v) is 5.42. The zero-order chi connectivity index (χ0) is 17.5. The standard InChI is InChI=1S/C20H21NO3S/c22-20(13-7-2-8-14-20)19-15-16-9-5-6-12-18(16)21(19)25(23,24)17-10-3-1-4-11-17/h1,3-6,9-12,15,22H,2,7-8,13-14H2. The van der Waals surface area contributed by atoms with E-state index in [0.717, 1.165) is 24.6 Å². The second-order valence-electron chi connectivity index (χ2n) is 6.76. The van der Waals surface area contributed by atoms with Crippen LogP contribution in [0.2, 0.25) is 0 Å². The van der Waals surface area contributed by atoms with Crippen molar-refractivity contribution in [1.82, 2.24) is 3.97 Å². The van der Waals surface area contributed by atoms with Gasteiger partial charge in [0.05, 0.1) is 16.1 Å². The lowest BCUT2D eigenvalue weighted by Crippen LogP contribution is -2.33. The molecule has 25 heavy (non-hydrogen) atoms. The van der Waals surface area contributed by atoms with Gasteiger partial charge in [0, 0.05) is 5.39 Å².